The molecule has 2 unspecified atom stereocenters. The van der Waals surface area contributed by atoms with Crippen molar-refractivity contribution < 1.29 is 4.79 Å². The maximum absolute atomic E-state index is 12.3. The van der Waals surface area contributed by atoms with Gasteiger partial charge in [0.25, 0.3) is 5.91 Å². The summed E-state index contributed by atoms with van der Waals surface area (Å²) in [6.45, 7) is 3.96. The standard InChI is InChI=1S/C12H15ClN2OS/c13-11-2-1-10(17-11)12(16)15-4-3-8-5-14-6-9(8)7-15/h1-2,8-9,14H,3-7H2. The fourth-order valence-corrected chi connectivity index (χ4v) is 3.82. The molecule has 3 nitrogen and oxygen atoms in total. The van der Waals surface area contributed by atoms with Crippen molar-refractivity contribution in [3.05, 3.63) is 21.3 Å². The van der Waals surface area contributed by atoms with E-state index in [0.29, 0.717) is 10.3 Å². The van der Waals surface area contributed by atoms with Gasteiger partial charge in [-0.2, -0.15) is 0 Å². The molecule has 2 saturated heterocycles. The number of amides is 1. The lowest BCUT2D eigenvalue weighted by Gasteiger charge is -2.34. The van der Waals surface area contributed by atoms with Crippen LogP contribution in [-0.4, -0.2) is 37.0 Å². The van der Waals surface area contributed by atoms with E-state index in [1.807, 2.05) is 11.0 Å². The Hall–Kier alpha value is -0.580. The Balaban J connectivity index is 1.70. The summed E-state index contributed by atoms with van der Waals surface area (Å²) in [5.74, 6) is 1.56. The van der Waals surface area contributed by atoms with Gasteiger partial charge in [-0.3, -0.25) is 4.79 Å². The third-order valence-corrected chi connectivity index (χ3v) is 4.99. The second kappa shape index (κ2) is 4.59. The lowest BCUT2D eigenvalue weighted by Crippen LogP contribution is -2.43. The van der Waals surface area contributed by atoms with Crippen molar-refractivity contribution in [1.29, 1.82) is 0 Å². The van der Waals surface area contributed by atoms with Gasteiger partial charge >= 0.3 is 0 Å². The Morgan fingerprint density at radius 1 is 1.41 bits per heavy atom. The molecule has 3 rings (SSSR count). The molecule has 17 heavy (non-hydrogen) atoms. The number of hydrogen-bond donors (Lipinski definition) is 1. The molecule has 1 aromatic rings. The van der Waals surface area contributed by atoms with Crippen molar-refractivity contribution in [2.75, 3.05) is 26.2 Å². The van der Waals surface area contributed by atoms with Crippen molar-refractivity contribution in [1.82, 2.24) is 10.2 Å². The molecule has 2 atom stereocenters. The molecule has 1 amide bonds. The first-order valence-corrected chi connectivity index (χ1v) is 7.19. The van der Waals surface area contributed by atoms with Crippen LogP contribution in [0.3, 0.4) is 0 Å². The van der Waals surface area contributed by atoms with E-state index < -0.39 is 0 Å². The molecule has 0 saturated carbocycles. The molecule has 0 aromatic carbocycles. The number of carbonyl (C=O) groups excluding carboxylic acids is 1. The van der Waals surface area contributed by atoms with E-state index in [0.717, 1.165) is 43.4 Å². The zero-order valence-electron chi connectivity index (χ0n) is 9.49. The van der Waals surface area contributed by atoms with Gasteiger partial charge in [0.05, 0.1) is 9.21 Å². The molecule has 5 heteroatoms. The van der Waals surface area contributed by atoms with E-state index >= 15 is 0 Å². The van der Waals surface area contributed by atoms with Crippen LogP contribution >= 0.6 is 22.9 Å². The second-order valence-electron chi connectivity index (χ2n) is 4.82. The van der Waals surface area contributed by atoms with Crippen LogP contribution < -0.4 is 5.32 Å². The average molecular weight is 271 g/mol. The number of nitrogens with zero attached hydrogens (tertiary/aromatic N) is 1. The topological polar surface area (TPSA) is 32.3 Å². The molecule has 2 fully saturated rings. The van der Waals surface area contributed by atoms with E-state index in [4.69, 9.17) is 11.6 Å². The Bertz CT molecular complexity index is 434. The average Bonchev–Trinajstić information content (AvgIpc) is 2.95. The molecule has 2 aliphatic heterocycles. The molecule has 1 N–H and O–H groups in total. The highest BCUT2D eigenvalue weighted by Gasteiger charge is 2.34. The van der Waals surface area contributed by atoms with Gasteiger partial charge in [0.15, 0.2) is 0 Å². The summed E-state index contributed by atoms with van der Waals surface area (Å²) in [4.78, 5) is 15.0. The summed E-state index contributed by atoms with van der Waals surface area (Å²) >= 11 is 7.24. The molecule has 3 heterocycles. The summed E-state index contributed by atoms with van der Waals surface area (Å²) in [6.07, 6.45) is 1.13. The normalized spacial score (nSPS) is 28.2. The van der Waals surface area contributed by atoms with Gasteiger partial charge < -0.3 is 10.2 Å². The van der Waals surface area contributed by atoms with Gasteiger partial charge in [-0.05, 0) is 43.5 Å². The highest BCUT2D eigenvalue weighted by molar-refractivity contribution is 7.17. The maximum atomic E-state index is 12.3. The van der Waals surface area contributed by atoms with Crippen molar-refractivity contribution >= 4 is 28.8 Å². The van der Waals surface area contributed by atoms with E-state index in [-0.39, 0.29) is 5.91 Å². The lowest BCUT2D eigenvalue weighted by atomic mass is 9.88. The van der Waals surface area contributed by atoms with Gasteiger partial charge in [0.2, 0.25) is 0 Å². The Morgan fingerprint density at radius 2 is 2.24 bits per heavy atom. The minimum Gasteiger partial charge on any atom is -0.338 e. The van der Waals surface area contributed by atoms with Crippen LogP contribution in [0.2, 0.25) is 4.34 Å². The summed E-state index contributed by atoms with van der Waals surface area (Å²) in [7, 11) is 0. The first-order chi connectivity index (χ1) is 8.24. The number of hydrogen-bond acceptors (Lipinski definition) is 3. The number of fused-ring (bicyclic) bond motifs is 1. The molecule has 92 valence electrons. The number of likely N-dealkylation sites (tertiary alicyclic amines) is 1. The zero-order valence-corrected chi connectivity index (χ0v) is 11.1. The van der Waals surface area contributed by atoms with Gasteiger partial charge in [-0.25, -0.2) is 0 Å². The Kier molecular flexibility index (Phi) is 3.11. The molecule has 0 bridgehead atoms. The first kappa shape index (κ1) is 11.5. The molecule has 1 aromatic heterocycles. The number of nitrogens with one attached hydrogen (secondary N) is 1. The number of thiophene rings is 1. The summed E-state index contributed by atoms with van der Waals surface area (Å²) in [5.41, 5.74) is 0. The number of rotatable bonds is 1. The third kappa shape index (κ3) is 2.21. The van der Waals surface area contributed by atoms with Crippen molar-refractivity contribution in [3.63, 3.8) is 0 Å². The number of carbonyl (C=O) groups is 1. The lowest BCUT2D eigenvalue weighted by molar-refractivity contribution is 0.0647. The monoisotopic (exact) mass is 270 g/mol. The van der Waals surface area contributed by atoms with Gasteiger partial charge in [-0.15, -0.1) is 11.3 Å². The van der Waals surface area contributed by atoms with Crippen LogP contribution in [0.5, 0.6) is 0 Å². The van der Waals surface area contributed by atoms with Crippen LogP contribution in [0.1, 0.15) is 16.1 Å². The fourth-order valence-electron chi connectivity index (χ4n) is 2.80. The highest BCUT2D eigenvalue weighted by Crippen LogP contribution is 2.29. The first-order valence-electron chi connectivity index (χ1n) is 5.99. The molecule has 2 aliphatic rings. The Labute approximate surface area is 110 Å². The molecular weight excluding hydrogens is 256 g/mol. The van der Waals surface area contributed by atoms with Crippen LogP contribution in [0.25, 0.3) is 0 Å². The largest absolute Gasteiger partial charge is 0.338 e. The van der Waals surface area contributed by atoms with Crippen LogP contribution in [0.4, 0.5) is 0 Å². The summed E-state index contributed by atoms with van der Waals surface area (Å²) < 4.78 is 0.686. The Morgan fingerprint density at radius 3 is 3.00 bits per heavy atom. The molecule has 0 radical (unpaired) electrons. The van der Waals surface area contributed by atoms with Gasteiger partial charge in [0.1, 0.15) is 0 Å². The van der Waals surface area contributed by atoms with E-state index in [9.17, 15) is 4.79 Å². The molecule has 0 aliphatic carbocycles. The second-order valence-corrected chi connectivity index (χ2v) is 6.54. The van der Waals surface area contributed by atoms with Crippen LogP contribution in [0, 0.1) is 11.8 Å². The van der Waals surface area contributed by atoms with E-state index in [2.05, 4.69) is 5.32 Å². The number of piperidine rings is 1. The number of halogens is 1. The highest BCUT2D eigenvalue weighted by atomic mass is 35.5. The van der Waals surface area contributed by atoms with Crippen LogP contribution in [-0.2, 0) is 0 Å². The van der Waals surface area contributed by atoms with Gasteiger partial charge in [0, 0.05) is 13.1 Å². The van der Waals surface area contributed by atoms with Crippen molar-refractivity contribution in [3.8, 4) is 0 Å². The predicted molar refractivity (Wildman–Crippen MR) is 69.7 cm³/mol. The maximum Gasteiger partial charge on any atom is 0.263 e. The van der Waals surface area contributed by atoms with Crippen molar-refractivity contribution in [2.24, 2.45) is 11.8 Å². The van der Waals surface area contributed by atoms with Crippen LogP contribution in [0.15, 0.2) is 12.1 Å². The third-order valence-electron chi connectivity index (χ3n) is 3.78. The molecular formula is C12H15ClN2OS. The fraction of sp³-hybridized carbons (Fsp3) is 0.583. The van der Waals surface area contributed by atoms with Crippen molar-refractivity contribution in [2.45, 2.75) is 6.42 Å². The summed E-state index contributed by atoms with van der Waals surface area (Å²) in [6, 6.07) is 3.62. The quantitative estimate of drug-likeness (QED) is 0.848. The minimum atomic E-state index is 0.146. The predicted octanol–water partition coefficient (Wildman–Crippen LogP) is 2.08. The zero-order chi connectivity index (χ0) is 11.8. The van der Waals surface area contributed by atoms with Gasteiger partial charge in [-0.1, -0.05) is 11.6 Å². The SMILES string of the molecule is O=C(c1ccc(Cl)s1)N1CCC2CNCC2C1. The smallest absolute Gasteiger partial charge is 0.263 e. The minimum absolute atomic E-state index is 0.146. The van der Waals surface area contributed by atoms with E-state index in [1.165, 1.54) is 11.3 Å². The summed E-state index contributed by atoms with van der Waals surface area (Å²) in [5, 5.41) is 3.41. The molecule has 0 spiro atoms. The van der Waals surface area contributed by atoms with E-state index in [1.54, 1.807) is 6.07 Å².